The molecule has 1 aliphatic heterocycles. The van der Waals surface area contributed by atoms with Crippen LogP contribution in [0.1, 0.15) is 19.4 Å². The summed E-state index contributed by atoms with van der Waals surface area (Å²) < 4.78 is 36.0. The van der Waals surface area contributed by atoms with Gasteiger partial charge >= 0.3 is 0 Å². The molecule has 4 rings (SSSR count). The fourth-order valence-corrected chi connectivity index (χ4v) is 3.47. The van der Waals surface area contributed by atoms with E-state index < -0.39 is 5.79 Å². The Morgan fingerprint density at radius 1 is 1.21 bits per heavy atom. The van der Waals surface area contributed by atoms with Gasteiger partial charge in [0.05, 0.1) is 11.6 Å². The maximum Gasteiger partial charge on any atom is 0.242 e. The summed E-state index contributed by atoms with van der Waals surface area (Å²) in [6.07, 6.45) is 1.13. The van der Waals surface area contributed by atoms with Crippen LogP contribution < -0.4 is 20.5 Å². The molecule has 2 aromatic carbocycles. The highest BCUT2D eigenvalue weighted by Crippen LogP contribution is 2.32. The third kappa shape index (κ3) is 6.01. The zero-order valence-corrected chi connectivity index (χ0v) is 18.9. The summed E-state index contributed by atoms with van der Waals surface area (Å²) in [6.45, 7) is 4.55. The normalized spacial score (nSPS) is 17.0. The summed E-state index contributed by atoms with van der Waals surface area (Å²) in [4.78, 5) is 8.28. The first-order valence-electron chi connectivity index (χ1n) is 10.3. The summed E-state index contributed by atoms with van der Waals surface area (Å²) in [6, 6.07) is 11.3. The molecular weight excluding hydrogens is 451 g/mol. The standard InChI is InChI=1S/C23H24ClFN4O4/c1-23(2)32-12-17(33-23)11-31-22-20(26)21(27-13-28-22)29-16-6-7-19(18(24)9-16)30-10-14-4-3-5-15(25)8-14/h3-9,13,17H,10-12,26H2,1-2H3,(H,27,28,29). The zero-order chi connectivity index (χ0) is 23.4. The van der Waals surface area contributed by atoms with Crippen LogP contribution in [-0.4, -0.2) is 35.1 Å². The quantitative estimate of drug-likeness (QED) is 0.484. The van der Waals surface area contributed by atoms with Gasteiger partial charge < -0.3 is 30.0 Å². The summed E-state index contributed by atoms with van der Waals surface area (Å²) in [5, 5.41) is 3.48. The number of halogens is 2. The second-order valence-corrected chi connectivity index (χ2v) is 8.30. The summed E-state index contributed by atoms with van der Waals surface area (Å²) in [5.74, 6) is 0.119. The largest absolute Gasteiger partial charge is 0.487 e. The summed E-state index contributed by atoms with van der Waals surface area (Å²) in [7, 11) is 0. The lowest BCUT2D eigenvalue weighted by atomic mass is 10.2. The molecule has 0 saturated carbocycles. The van der Waals surface area contributed by atoms with Crippen molar-refractivity contribution in [2.45, 2.75) is 32.3 Å². The molecule has 2 heterocycles. The molecule has 3 aromatic rings. The van der Waals surface area contributed by atoms with E-state index in [-0.39, 0.29) is 36.7 Å². The molecule has 1 aromatic heterocycles. The zero-order valence-electron chi connectivity index (χ0n) is 18.2. The van der Waals surface area contributed by atoms with Crippen LogP contribution in [0, 0.1) is 5.82 Å². The van der Waals surface area contributed by atoms with E-state index >= 15 is 0 Å². The van der Waals surface area contributed by atoms with Gasteiger partial charge in [0, 0.05) is 5.69 Å². The Kier molecular flexibility index (Phi) is 6.83. The maximum absolute atomic E-state index is 13.3. The van der Waals surface area contributed by atoms with Crippen molar-refractivity contribution >= 4 is 28.8 Å². The molecule has 0 radical (unpaired) electrons. The number of nitrogen functional groups attached to an aromatic ring is 1. The molecule has 0 spiro atoms. The van der Waals surface area contributed by atoms with Crippen LogP contribution in [0.3, 0.4) is 0 Å². The van der Waals surface area contributed by atoms with Gasteiger partial charge in [-0.3, -0.25) is 0 Å². The fourth-order valence-electron chi connectivity index (χ4n) is 3.23. The van der Waals surface area contributed by atoms with Crippen LogP contribution in [0.15, 0.2) is 48.8 Å². The van der Waals surface area contributed by atoms with Crippen LogP contribution in [0.4, 0.5) is 21.6 Å². The number of benzene rings is 2. The Morgan fingerprint density at radius 3 is 2.79 bits per heavy atom. The van der Waals surface area contributed by atoms with Crippen LogP contribution in [0.25, 0.3) is 0 Å². The monoisotopic (exact) mass is 474 g/mol. The number of ether oxygens (including phenoxy) is 4. The predicted molar refractivity (Wildman–Crippen MR) is 122 cm³/mol. The third-order valence-electron chi connectivity index (χ3n) is 4.80. The van der Waals surface area contributed by atoms with E-state index in [2.05, 4.69) is 15.3 Å². The molecule has 10 heteroatoms. The first-order chi connectivity index (χ1) is 15.8. The van der Waals surface area contributed by atoms with Crippen LogP contribution in [0.5, 0.6) is 11.6 Å². The molecule has 8 nitrogen and oxygen atoms in total. The second-order valence-electron chi connectivity index (χ2n) is 7.89. The SMILES string of the molecule is CC1(C)OCC(COc2ncnc(Nc3ccc(OCc4cccc(F)c4)c(Cl)c3)c2N)O1. The number of hydrogen-bond donors (Lipinski definition) is 2. The lowest BCUT2D eigenvalue weighted by Crippen LogP contribution is -2.25. The number of aromatic nitrogens is 2. The highest BCUT2D eigenvalue weighted by Gasteiger charge is 2.33. The Morgan fingerprint density at radius 2 is 2.06 bits per heavy atom. The van der Waals surface area contributed by atoms with E-state index in [1.807, 2.05) is 13.8 Å². The van der Waals surface area contributed by atoms with Crippen molar-refractivity contribution in [1.29, 1.82) is 0 Å². The molecule has 1 fully saturated rings. The lowest BCUT2D eigenvalue weighted by molar-refractivity contribution is -0.141. The summed E-state index contributed by atoms with van der Waals surface area (Å²) >= 11 is 6.36. The molecule has 0 aliphatic carbocycles. The third-order valence-corrected chi connectivity index (χ3v) is 5.09. The minimum atomic E-state index is -0.635. The van der Waals surface area contributed by atoms with Crippen molar-refractivity contribution in [2.75, 3.05) is 24.3 Å². The van der Waals surface area contributed by atoms with Crippen molar-refractivity contribution in [3.05, 3.63) is 65.2 Å². The van der Waals surface area contributed by atoms with Gasteiger partial charge in [-0.25, -0.2) is 9.37 Å². The van der Waals surface area contributed by atoms with Gasteiger partial charge in [-0.1, -0.05) is 23.7 Å². The Balaban J connectivity index is 1.38. The number of nitrogens with one attached hydrogen (secondary N) is 1. The number of hydrogen-bond acceptors (Lipinski definition) is 8. The van der Waals surface area contributed by atoms with Crippen molar-refractivity contribution < 1.29 is 23.3 Å². The fraction of sp³-hybridized carbons (Fsp3) is 0.304. The number of nitrogens with zero attached hydrogens (tertiary/aromatic N) is 2. The molecule has 0 bridgehead atoms. The number of rotatable bonds is 8. The first kappa shape index (κ1) is 23.0. The van der Waals surface area contributed by atoms with Crippen molar-refractivity contribution in [2.24, 2.45) is 0 Å². The van der Waals surface area contributed by atoms with E-state index in [0.29, 0.717) is 34.4 Å². The van der Waals surface area contributed by atoms with Gasteiger partial charge in [0.15, 0.2) is 11.6 Å². The van der Waals surface area contributed by atoms with Gasteiger partial charge in [-0.15, -0.1) is 0 Å². The first-order valence-corrected chi connectivity index (χ1v) is 10.7. The van der Waals surface area contributed by atoms with E-state index in [4.69, 9.17) is 36.3 Å². The number of nitrogens with two attached hydrogens (primary N) is 1. The Hall–Kier alpha value is -3.14. The highest BCUT2D eigenvalue weighted by atomic mass is 35.5. The second kappa shape index (κ2) is 9.78. The molecule has 1 saturated heterocycles. The summed E-state index contributed by atoms with van der Waals surface area (Å²) in [5.41, 5.74) is 7.78. The molecule has 174 valence electrons. The number of anilines is 3. The van der Waals surface area contributed by atoms with Crippen LogP contribution in [0.2, 0.25) is 5.02 Å². The lowest BCUT2D eigenvalue weighted by Gasteiger charge is -2.17. The molecule has 1 aliphatic rings. The van der Waals surface area contributed by atoms with Gasteiger partial charge in [-0.2, -0.15) is 4.98 Å². The molecule has 0 amide bonds. The molecular formula is C23H24ClFN4O4. The van der Waals surface area contributed by atoms with Crippen molar-refractivity contribution in [1.82, 2.24) is 9.97 Å². The van der Waals surface area contributed by atoms with Gasteiger partial charge in [0.2, 0.25) is 5.88 Å². The molecule has 1 unspecified atom stereocenters. The van der Waals surface area contributed by atoms with Gasteiger partial charge in [-0.05, 0) is 49.7 Å². The molecule has 3 N–H and O–H groups in total. The highest BCUT2D eigenvalue weighted by molar-refractivity contribution is 6.32. The van der Waals surface area contributed by atoms with Crippen molar-refractivity contribution in [3.8, 4) is 11.6 Å². The van der Waals surface area contributed by atoms with Gasteiger partial charge in [0.25, 0.3) is 0 Å². The van der Waals surface area contributed by atoms with E-state index in [1.165, 1.54) is 18.5 Å². The maximum atomic E-state index is 13.3. The Labute approximate surface area is 195 Å². The van der Waals surface area contributed by atoms with Crippen LogP contribution in [-0.2, 0) is 16.1 Å². The minimum absolute atomic E-state index is 0.191. The molecule has 1 atom stereocenters. The van der Waals surface area contributed by atoms with E-state index in [0.717, 1.165) is 0 Å². The molecule has 33 heavy (non-hydrogen) atoms. The van der Waals surface area contributed by atoms with E-state index in [9.17, 15) is 4.39 Å². The topological polar surface area (TPSA) is 101 Å². The predicted octanol–water partition coefficient (Wildman–Crippen LogP) is 4.70. The van der Waals surface area contributed by atoms with Crippen molar-refractivity contribution in [3.63, 3.8) is 0 Å². The average molecular weight is 475 g/mol. The Bertz CT molecular complexity index is 1130. The smallest absolute Gasteiger partial charge is 0.242 e. The van der Waals surface area contributed by atoms with Crippen LogP contribution >= 0.6 is 11.6 Å². The average Bonchev–Trinajstić information content (AvgIpc) is 3.12. The van der Waals surface area contributed by atoms with Gasteiger partial charge in [0.1, 0.15) is 42.9 Å². The van der Waals surface area contributed by atoms with E-state index in [1.54, 1.807) is 30.3 Å². The minimum Gasteiger partial charge on any atom is -0.487 e.